The Morgan fingerprint density at radius 1 is 1.24 bits per heavy atom. The van der Waals surface area contributed by atoms with Crippen LogP contribution < -0.4 is 5.73 Å². The van der Waals surface area contributed by atoms with Gasteiger partial charge in [-0.2, -0.15) is 0 Å². The van der Waals surface area contributed by atoms with E-state index in [-0.39, 0.29) is 6.42 Å². The van der Waals surface area contributed by atoms with Gasteiger partial charge < -0.3 is 15.0 Å². The van der Waals surface area contributed by atoms with Gasteiger partial charge in [-0.15, -0.1) is 0 Å². The predicted octanol–water partition coefficient (Wildman–Crippen LogP) is 1.99. The molecule has 0 aliphatic heterocycles. The summed E-state index contributed by atoms with van der Waals surface area (Å²) >= 11 is 0. The molecule has 0 radical (unpaired) electrons. The standard InChI is InChI=1S/C16H18N2O3/c1-3-21-16(20)14-9-13(10-15(17)19)18(11(14)2)12-7-5-4-6-8-12/h4-9H,3,10H2,1-2H3,(H2,17,19). The molecule has 0 bridgehead atoms. The maximum atomic E-state index is 12.0. The van der Waals surface area contributed by atoms with Crippen LogP contribution in [0.2, 0.25) is 0 Å². The molecule has 0 spiro atoms. The summed E-state index contributed by atoms with van der Waals surface area (Å²) in [6.07, 6.45) is 0.0646. The van der Waals surface area contributed by atoms with E-state index in [9.17, 15) is 9.59 Å². The van der Waals surface area contributed by atoms with Gasteiger partial charge in [-0.1, -0.05) is 18.2 Å². The van der Waals surface area contributed by atoms with Gasteiger partial charge >= 0.3 is 5.97 Å². The highest BCUT2D eigenvalue weighted by Gasteiger charge is 2.20. The number of carbonyl (C=O) groups is 2. The first-order valence-electron chi connectivity index (χ1n) is 6.76. The van der Waals surface area contributed by atoms with Crippen molar-refractivity contribution in [2.24, 2.45) is 5.73 Å². The average Bonchev–Trinajstić information content (AvgIpc) is 2.76. The van der Waals surface area contributed by atoms with Gasteiger partial charge in [0.2, 0.25) is 5.91 Å². The van der Waals surface area contributed by atoms with Crippen molar-refractivity contribution in [1.29, 1.82) is 0 Å². The van der Waals surface area contributed by atoms with Crippen molar-refractivity contribution in [3.63, 3.8) is 0 Å². The molecule has 5 nitrogen and oxygen atoms in total. The summed E-state index contributed by atoms with van der Waals surface area (Å²) < 4.78 is 6.91. The van der Waals surface area contributed by atoms with Crippen molar-refractivity contribution in [3.8, 4) is 5.69 Å². The lowest BCUT2D eigenvalue weighted by atomic mass is 10.2. The maximum Gasteiger partial charge on any atom is 0.339 e. The number of esters is 1. The summed E-state index contributed by atoms with van der Waals surface area (Å²) in [5.74, 6) is -0.838. The molecule has 0 aliphatic rings. The van der Waals surface area contributed by atoms with Gasteiger partial charge in [0.15, 0.2) is 0 Å². The molecule has 1 aromatic carbocycles. The number of hydrogen-bond donors (Lipinski definition) is 1. The Labute approximate surface area is 123 Å². The maximum absolute atomic E-state index is 12.0. The summed E-state index contributed by atoms with van der Waals surface area (Å²) in [4.78, 5) is 23.3. The van der Waals surface area contributed by atoms with Crippen LogP contribution in [0, 0.1) is 6.92 Å². The molecule has 1 amide bonds. The lowest BCUT2D eigenvalue weighted by Gasteiger charge is -2.11. The van der Waals surface area contributed by atoms with Crippen molar-refractivity contribution < 1.29 is 14.3 Å². The highest BCUT2D eigenvalue weighted by molar-refractivity contribution is 5.92. The zero-order valence-corrected chi connectivity index (χ0v) is 12.1. The second-order valence-electron chi connectivity index (χ2n) is 4.67. The molecule has 1 aromatic heterocycles. The van der Waals surface area contributed by atoms with Gasteiger partial charge in [-0.05, 0) is 32.0 Å². The molecule has 0 aliphatic carbocycles. The molecule has 1 heterocycles. The Hall–Kier alpha value is -2.56. The number of aromatic nitrogens is 1. The Morgan fingerprint density at radius 2 is 1.90 bits per heavy atom. The van der Waals surface area contributed by atoms with Crippen LogP contribution in [0.3, 0.4) is 0 Å². The van der Waals surface area contributed by atoms with Crippen LogP contribution in [0.1, 0.15) is 28.7 Å². The first-order valence-corrected chi connectivity index (χ1v) is 6.76. The molecular formula is C16H18N2O3. The number of para-hydroxylation sites is 1. The normalized spacial score (nSPS) is 10.4. The minimum absolute atomic E-state index is 0.0646. The van der Waals surface area contributed by atoms with E-state index >= 15 is 0 Å². The van der Waals surface area contributed by atoms with Crippen LogP contribution in [0.4, 0.5) is 0 Å². The fourth-order valence-corrected chi connectivity index (χ4v) is 2.33. The number of amides is 1. The van der Waals surface area contributed by atoms with E-state index in [2.05, 4.69) is 0 Å². The van der Waals surface area contributed by atoms with Crippen molar-refractivity contribution >= 4 is 11.9 Å². The van der Waals surface area contributed by atoms with E-state index in [0.29, 0.717) is 17.9 Å². The topological polar surface area (TPSA) is 74.3 Å². The van der Waals surface area contributed by atoms with Crippen LogP contribution >= 0.6 is 0 Å². The zero-order chi connectivity index (χ0) is 15.4. The molecule has 0 unspecified atom stereocenters. The smallest absolute Gasteiger partial charge is 0.339 e. The number of benzene rings is 1. The number of ether oxygens (including phenoxy) is 1. The third-order valence-electron chi connectivity index (χ3n) is 3.19. The third kappa shape index (κ3) is 3.13. The monoisotopic (exact) mass is 286 g/mol. The molecular weight excluding hydrogens is 268 g/mol. The predicted molar refractivity (Wildman–Crippen MR) is 79.4 cm³/mol. The molecule has 21 heavy (non-hydrogen) atoms. The van der Waals surface area contributed by atoms with Crippen LogP contribution in [-0.2, 0) is 16.0 Å². The summed E-state index contributed by atoms with van der Waals surface area (Å²) in [6, 6.07) is 11.2. The number of hydrogen-bond acceptors (Lipinski definition) is 3. The van der Waals surface area contributed by atoms with Crippen molar-refractivity contribution in [3.05, 3.63) is 53.3 Å². The molecule has 0 saturated heterocycles. The Morgan fingerprint density at radius 3 is 2.48 bits per heavy atom. The van der Waals surface area contributed by atoms with E-state index in [0.717, 1.165) is 11.4 Å². The van der Waals surface area contributed by atoms with E-state index in [1.54, 1.807) is 13.0 Å². The molecule has 110 valence electrons. The Kier molecular flexibility index (Phi) is 4.42. The summed E-state index contributed by atoms with van der Waals surface area (Å²) in [7, 11) is 0. The van der Waals surface area contributed by atoms with E-state index in [1.165, 1.54) is 0 Å². The third-order valence-corrected chi connectivity index (χ3v) is 3.19. The van der Waals surface area contributed by atoms with Crippen molar-refractivity contribution in [1.82, 2.24) is 4.57 Å². The summed E-state index contributed by atoms with van der Waals surface area (Å²) in [6.45, 7) is 3.88. The van der Waals surface area contributed by atoms with Gasteiger partial charge in [0.25, 0.3) is 0 Å². The number of nitrogens with zero attached hydrogens (tertiary/aromatic N) is 1. The second-order valence-corrected chi connectivity index (χ2v) is 4.67. The highest BCUT2D eigenvalue weighted by Crippen LogP contribution is 2.22. The number of primary amides is 1. The van der Waals surface area contributed by atoms with Crippen LogP contribution in [0.5, 0.6) is 0 Å². The first-order chi connectivity index (χ1) is 10.0. The summed E-state index contributed by atoms with van der Waals surface area (Å²) in [5.41, 5.74) is 8.04. The molecule has 0 atom stereocenters. The van der Waals surface area contributed by atoms with Gasteiger partial charge in [0.1, 0.15) is 0 Å². The lowest BCUT2D eigenvalue weighted by Crippen LogP contribution is -2.16. The second kappa shape index (κ2) is 6.26. The van der Waals surface area contributed by atoms with Crippen molar-refractivity contribution in [2.75, 3.05) is 6.61 Å². The van der Waals surface area contributed by atoms with Gasteiger partial charge in [0.05, 0.1) is 18.6 Å². The molecule has 2 rings (SSSR count). The minimum atomic E-state index is -0.444. The first kappa shape index (κ1) is 14.8. The lowest BCUT2D eigenvalue weighted by molar-refractivity contribution is -0.117. The Balaban J connectivity index is 2.55. The van der Waals surface area contributed by atoms with Crippen molar-refractivity contribution in [2.45, 2.75) is 20.3 Å². The van der Waals surface area contributed by atoms with E-state index in [4.69, 9.17) is 10.5 Å². The number of carbonyl (C=O) groups excluding carboxylic acids is 2. The fourth-order valence-electron chi connectivity index (χ4n) is 2.33. The van der Waals surface area contributed by atoms with Crippen LogP contribution in [0.25, 0.3) is 5.69 Å². The largest absolute Gasteiger partial charge is 0.462 e. The molecule has 2 N–H and O–H groups in total. The molecule has 0 fully saturated rings. The van der Waals surface area contributed by atoms with Crippen LogP contribution in [-0.4, -0.2) is 23.1 Å². The highest BCUT2D eigenvalue weighted by atomic mass is 16.5. The average molecular weight is 286 g/mol. The summed E-state index contributed by atoms with van der Waals surface area (Å²) in [5, 5.41) is 0. The Bertz CT molecular complexity index is 660. The molecule has 0 saturated carbocycles. The molecule has 5 heteroatoms. The van der Waals surface area contributed by atoms with Gasteiger partial charge in [-0.3, -0.25) is 4.79 Å². The quantitative estimate of drug-likeness (QED) is 0.854. The van der Waals surface area contributed by atoms with E-state index in [1.807, 2.05) is 41.8 Å². The fraction of sp³-hybridized carbons (Fsp3) is 0.250. The minimum Gasteiger partial charge on any atom is -0.462 e. The molecule has 2 aromatic rings. The SMILES string of the molecule is CCOC(=O)c1cc(CC(N)=O)n(-c2ccccc2)c1C. The number of nitrogens with two attached hydrogens (primary N) is 1. The van der Waals surface area contributed by atoms with Gasteiger partial charge in [-0.25, -0.2) is 4.79 Å². The van der Waals surface area contributed by atoms with Gasteiger partial charge in [0, 0.05) is 17.1 Å². The van der Waals surface area contributed by atoms with Crippen LogP contribution in [0.15, 0.2) is 36.4 Å². The van der Waals surface area contributed by atoms with E-state index < -0.39 is 11.9 Å². The zero-order valence-electron chi connectivity index (χ0n) is 12.1. The number of rotatable bonds is 5.